The SMILES string of the molecule is CCOc1cc(/C=C2\C(=O)NC(=O)N(c3cc4c5c(c3)[C@H](c3ccccc3)CCN5CC[C@H]4c3ccccc3)C2=O)cc(I)c1OCc1ccc(Br)cc1. The van der Waals surface area contributed by atoms with E-state index in [0.29, 0.717) is 36.0 Å². The molecule has 3 aliphatic heterocycles. The van der Waals surface area contributed by atoms with E-state index in [1.807, 2.05) is 85.8 Å². The fourth-order valence-corrected chi connectivity index (χ4v) is 8.88. The van der Waals surface area contributed by atoms with E-state index in [9.17, 15) is 14.4 Å². The van der Waals surface area contributed by atoms with Gasteiger partial charge in [-0.1, -0.05) is 88.7 Å². The fourth-order valence-electron chi connectivity index (χ4n) is 7.84. The Kier molecular flexibility index (Phi) is 10.3. The fraction of sp³-hybridized carbons (Fsp3) is 0.205. The van der Waals surface area contributed by atoms with Crippen molar-refractivity contribution in [1.82, 2.24) is 5.32 Å². The Balaban J connectivity index is 1.19. The van der Waals surface area contributed by atoms with Gasteiger partial charge in [0.1, 0.15) is 12.2 Å². The Morgan fingerprint density at radius 1 is 0.815 bits per heavy atom. The van der Waals surface area contributed by atoms with Gasteiger partial charge in [-0.15, -0.1) is 0 Å². The standard InChI is InChI=1S/C44H37BrIN3O5/c1-2-53-39-23-28(22-38(46)41(39)54-26-27-13-15-31(45)16-14-27)21-37-42(50)47-44(52)49(43(37)51)32-24-35-33(29-9-5-3-6-10-29)17-19-48-20-18-34(36(25-32)40(35)48)30-11-7-4-8-12-30/h3-16,21-25,33-34H,2,17-20,26H2,1H3,(H,47,50,52)/b37-21+/t33-,34-/m0/s1. The smallest absolute Gasteiger partial charge is 0.335 e. The number of imide groups is 2. The van der Waals surface area contributed by atoms with Crippen LogP contribution in [0.15, 0.2) is 119 Å². The number of benzene rings is 5. The van der Waals surface area contributed by atoms with Crippen molar-refractivity contribution in [3.8, 4) is 11.5 Å². The number of carbonyl (C=O) groups is 3. The minimum atomic E-state index is -0.772. The first-order valence-corrected chi connectivity index (χ1v) is 19.9. The Labute approximate surface area is 336 Å². The molecular weight excluding hydrogens is 857 g/mol. The topological polar surface area (TPSA) is 88.2 Å². The maximum absolute atomic E-state index is 14.5. The van der Waals surface area contributed by atoms with Gasteiger partial charge in [-0.3, -0.25) is 14.9 Å². The summed E-state index contributed by atoms with van der Waals surface area (Å²) in [5, 5.41) is 2.45. The van der Waals surface area contributed by atoms with Crippen LogP contribution >= 0.6 is 38.5 Å². The maximum Gasteiger partial charge on any atom is 0.335 e. The molecule has 0 saturated carbocycles. The minimum absolute atomic E-state index is 0.0776. The van der Waals surface area contributed by atoms with E-state index in [4.69, 9.17) is 9.47 Å². The van der Waals surface area contributed by atoms with E-state index in [1.54, 1.807) is 6.07 Å². The predicted molar refractivity (Wildman–Crippen MR) is 222 cm³/mol. The monoisotopic (exact) mass is 893 g/mol. The number of urea groups is 1. The van der Waals surface area contributed by atoms with Crippen molar-refractivity contribution in [2.45, 2.75) is 38.2 Å². The van der Waals surface area contributed by atoms with E-state index < -0.39 is 17.8 Å². The van der Waals surface area contributed by atoms with Gasteiger partial charge in [0.05, 0.1) is 15.9 Å². The van der Waals surface area contributed by atoms with Crippen LogP contribution in [0.25, 0.3) is 6.08 Å². The summed E-state index contributed by atoms with van der Waals surface area (Å²) in [5.74, 6) is -0.225. The second-order valence-electron chi connectivity index (χ2n) is 13.6. The number of ether oxygens (including phenoxy) is 2. The van der Waals surface area contributed by atoms with E-state index in [-0.39, 0.29) is 17.4 Å². The number of carbonyl (C=O) groups excluding carboxylic acids is 3. The van der Waals surface area contributed by atoms with Crippen molar-refractivity contribution in [3.05, 3.63) is 156 Å². The summed E-state index contributed by atoms with van der Waals surface area (Å²) < 4.78 is 13.9. The molecule has 0 bridgehead atoms. The van der Waals surface area contributed by atoms with Crippen molar-refractivity contribution in [2.75, 3.05) is 29.5 Å². The molecule has 1 N–H and O–H groups in total. The Morgan fingerprint density at radius 2 is 1.43 bits per heavy atom. The van der Waals surface area contributed by atoms with Gasteiger partial charge in [0.2, 0.25) is 0 Å². The van der Waals surface area contributed by atoms with Crippen LogP contribution in [0.5, 0.6) is 11.5 Å². The minimum Gasteiger partial charge on any atom is -0.490 e. The van der Waals surface area contributed by atoms with Crippen LogP contribution in [0.3, 0.4) is 0 Å². The van der Waals surface area contributed by atoms with E-state index in [0.717, 1.165) is 55.6 Å². The summed E-state index contributed by atoms with van der Waals surface area (Å²) in [4.78, 5) is 45.1. The maximum atomic E-state index is 14.5. The number of hydrogen-bond donors (Lipinski definition) is 1. The van der Waals surface area contributed by atoms with Gasteiger partial charge in [0, 0.05) is 35.1 Å². The molecular formula is C44H37BrIN3O5. The van der Waals surface area contributed by atoms with Gasteiger partial charge in [-0.25, -0.2) is 9.69 Å². The summed E-state index contributed by atoms with van der Waals surface area (Å²) in [7, 11) is 0. The van der Waals surface area contributed by atoms with E-state index >= 15 is 0 Å². The van der Waals surface area contributed by atoms with Gasteiger partial charge in [0.15, 0.2) is 11.5 Å². The molecule has 0 aliphatic carbocycles. The molecule has 8 nitrogen and oxygen atoms in total. The normalized spacial score (nSPS) is 18.7. The highest BCUT2D eigenvalue weighted by atomic mass is 127. The highest BCUT2D eigenvalue weighted by Gasteiger charge is 2.40. The van der Waals surface area contributed by atoms with Crippen molar-refractivity contribution in [1.29, 1.82) is 0 Å². The molecule has 0 aromatic heterocycles. The van der Waals surface area contributed by atoms with Crippen molar-refractivity contribution >= 4 is 73.8 Å². The first kappa shape index (κ1) is 36.1. The lowest BCUT2D eigenvalue weighted by Gasteiger charge is -2.44. The quantitative estimate of drug-likeness (QED) is 0.0902. The number of rotatable bonds is 9. The van der Waals surface area contributed by atoms with Gasteiger partial charge in [0.25, 0.3) is 11.8 Å². The largest absolute Gasteiger partial charge is 0.490 e. The Hall–Kier alpha value is -4.94. The summed E-state index contributed by atoms with van der Waals surface area (Å²) in [6.45, 7) is 4.44. The highest BCUT2D eigenvalue weighted by Crippen LogP contribution is 2.50. The van der Waals surface area contributed by atoms with E-state index in [2.05, 4.69) is 73.0 Å². The summed E-state index contributed by atoms with van der Waals surface area (Å²) >= 11 is 5.64. The van der Waals surface area contributed by atoms with Crippen molar-refractivity contribution in [3.63, 3.8) is 0 Å². The molecule has 3 aliphatic rings. The average Bonchev–Trinajstić information content (AvgIpc) is 3.18. The molecule has 4 amide bonds. The van der Waals surface area contributed by atoms with Crippen LogP contribution < -0.4 is 24.6 Å². The Morgan fingerprint density at radius 3 is 2.02 bits per heavy atom. The second-order valence-corrected chi connectivity index (χ2v) is 15.7. The average molecular weight is 895 g/mol. The molecule has 5 aromatic carbocycles. The van der Waals surface area contributed by atoms with Gasteiger partial charge in [-0.05, 0) is 118 Å². The number of halogens is 2. The number of barbiturate groups is 1. The van der Waals surface area contributed by atoms with Crippen LogP contribution in [0.2, 0.25) is 0 Å². The molecule has 1 fully saturated rings. The molecule has 0 spiro atoms. The Bertz CT molecular complexity index is 2210. The van der Waals surface area contributed by atoms with Gasteiger partial charge < -0.3 is 14.4 Å². The third kappa shape index (κ3) is 7.04. The molecule has 0 unspecified atom stereocenters. The van der Waals surface area contributed by atoms with Gasteiger partial charge in [-0.2, -0.15) is 0 Å². The number of hydrogen-bond acceptors (Lipinski definition) is 6. The third-order valence-corrected chi connectivity index (χ3v) is 11.6. The molecule has 272 valence electrons. The van der Waals surface area contributed by atoms with E-state index in [1.165, 1.54) is 22.9 Å². The lowest BCUT2D eigenvalue weighted by molar-refractivity contribution is -0.122. The summed E-state index contributed by atoms with van der Waals surface area (Å²) in [6.07, 6.45) is 3.33. The number of nitrogens with one attached hydrogen (secondary N) is 1. The molecule has 8 rings (SSSR count). The molecule has 3 heterocycles. The zero-order valence-electron chi connectivity index (χ0n) is 29.6. The molecule has 54 heavy (non-hydrogen) atoms. The lowest BCUT2D eigenvalue weighted by atomic mass is 9.76. The molecule has 0 radical (unpaired) electrons. The zero-order chi connectivity index (χ0) is 37.3. The van der Waals surface area contributed by atoms with Crippen LogP contribution in [0.4, 0.5) is 16.2 Å². The van der Waals surface area contributed by atoms with Crippen molar-refractivity contribution in [2.24, 2.45) is 0 Å². The first-order chi connectivity index (χ1) is 26.3. The first-order valence-electron chi connectivity index (χ1n) is 18.1. The van der Waals surface area contributed by atoms with Crippen LogP contribution in [-0.4, -0.2) is 37.5 Å². The van der Waals surface area contributed by atoms with Crippen LogP contribution in [0, 0.1) is 3.57 Å². The van der Waals surface area contributed by atoms with Crippen molar-refractivity contribution < 1.29 is 23.9 Å². The molecule has 1 saturated heterocycles. The zero-order valence-corrected chi connectivity index (χ0v) is 33.3. The molecule has 2 atom stereocenters. The molecule has 10 heteroatoms. The summed E-state index contributed by atoms with van der Waals surface area (Å²) in [6, 6.07) is 35.5. The van der Waals surface area contributed by atoms with Gasteiger partial charge >= 0.3 is 6.03 Å². The predicted octanol–water partition coefficient (Wildman–Crippen LogP) is 9.58. The number of nitrogens with zero attached hydrogens (tertiary/aromatic N) is 2. The number of anilines is 2. The number of amides is 4. The second kappa shape index (κ2) is 15.4. The van der Waals surface area contributed by atoms with Crippen LogP contribution in [-0.2, 0) is 16.2 Å². The third-order valence-electron chi connectivity index (χ3n) is 10.3. The lowest BCUT2D eigenvalue weighted by Crippen LogP contribution is -2.54. The highest BCUT2D eigenvalue weighted by molar-refractivity contribution is 14.1. The summed E-state index contributed by atoms with van der Waals surface area (Å²) in [5.41, 5.74) is 7.56. The van der Waals surface area contributed by atoms with Crippen LogP contribution in [0.1, 0.15) is 65.0 Å². The molecule has 5 aromatic rings.